The van der Waals surface area contributed by atoms with Gasteiger partial charge < -0.3 is 15.0 Å². The molecule has 1 aliphatic heterocycles. The number of carbonyl (C=O) groups excluding carboxylic acids is 1. The summed E-state index contributed by atoms with van der Waals surface area (Å²) in [6.45, 7) is 8.12. The van der Waals surface area contributed by atoms with Crippen LogP contribution in [0, 0.1) is 0 Å². The van der Waals surface area contributed by atoms with E-state index in [1.54, 1.807) is 34.2 Å². The number of fused-ring (bicyclic) bond motifs is 1. The number of urea groups is 1. The number of amides is 2. The van der Waals surface area contributed by atoms with Crippen LogP contribution in [0.25, 0.3) is 0 Å². The molecule has 2 amide bonds. The summed E-state index contributed by atoms with van der Waals surface area (Å²) in [6, 6.07) is 12.6. The number of ether oxygens (including phenoxy) is 1. The summed E-state index contributed by atoms with van der Waals surface area (Å²) >= 11 is 13.0. The van der Waals surface area contributed by atoms with Gasteiger partial charge in [-0.2, -0.15) is 4.98 Å². The van der Waals surface area contributed by atoms with Crippen LogP contribution >= 0.6 is 23.2 Å². The number of likely N-dealkylation sites (N-methyl/N-ethyl adjacent to an activating group) is 1. The molecule has 2 aliphatic rings. The number of para-hydroxylation sites is 1. The maximum atomic E-state index is 14.0. The third-order valence-electron chi connectivity index (χ3n) is 7.28. The fraction of sp³-hybridized carbons (Fsp3) is 0.367. The third-order valence-corrected chi connectivity index (χ3v) is 7.89. The Morgan fingerprint density at radius 2 is 1.85 bits per heavy atom. The van der Waals surface area contributed by atoms with Gasteiger partial charge in [-0.3, -0.25) is 9.80 Å². The Kier molecular flexibility index (Phi) is 9.09. The van der Waals surface area contributed by atoms with Gasteiger partial charge in [0.25, 0.3) is 0 Å². The summed E-state index contributed by atoms with van der Waals surface area (Å²) in [7, 11) is 0. The van der Waals surface area contributed by atoms with E-state index in [4.69, 9.17) is 32.9 Å². The van der Waals surface area contributed by atoms with Crippen LogP contribution in [0.4, 0.5) is 27.9 Å². The van der Waals surface area contributed by atoms with Crippen molar-refractivity contribution in [3.63, 3.8) is 0 Å². The molecule has 1 atom stereocenters. The summed E-state index contributed by atoms with van der Waals surface area (Å²) in [6.07, 6.45) is 8.79. The quantitative estimate of drug-likeness (QED) is 0.253. The molecule has 8 nitrogen and oxygen atoms in total. The van der Waals surface area contributed by atoms with Crippen LogP contribution in [0.15, 0.2) is 60.8 Å². The molecule has 5 rings (SSSR count). The lowest BCUT2D eigenvalue weighted by molar-refractivity contribution is 0.223. The highest BCUT2D eigenvalue weighted by Crippen LogP contribution is 2.40. The molecule has 40 heavy (non-hydrogen) atoms. The Morgan fingerprint density at radius 3 is 2.52 bits per heavy atom. The van der Waals surface area contributed by atoms with E-state index in [-0.39, 0.29) is 18.6 Å². The highest BCUT2D eigenvalue weighted by molar-refractivity contribution is 6.40. The van der Waals surface area contributed by atoms with Gasteiger partial charge in [0.1, 0.15) is 18.2 Å². The van der Waals surface area contributed by atoms with Gasteiger partial charge in [-0.25, -0.2) is 9.78 Å². The number of hydrogen-bond acceptors (Lipinski definition) is 6. The molecule has 0 saturated carbocycles. The largest absolute Gasteiger partial charge is 0.492 e. The van der Waals surface area contributed by atoms with Crippen LogP contribution < -0.4 is 19.9 Å². The van der Waals surface area contributed by atoms with E-state index in [1.165, 1.54) is 0 Å². The van der Waals surface area contributed by atoms with Crippen molar-refractivity contribution >= 4 is 52.4 Å². The minimum atomic E-state index is -0.213. The van der Waals surface area contributed by atoms with Crippen LogP contribution in [0.5, 0.6) is 5.75 Å². The molecule has 2 aromatic carbocycles. The maximum Gasteiger partial charge on any atom is 0.331 e. The number of allylic oxidation sites excluding steroid dienone is 1. The topological polar surface area (TPSA) is 73.8 Å². The van der Waals surface area contributed by atoms with E-state index in [2.05, 4.69) is 41.2 Å². The molecular weight excluding hydrogens is 547 g/mol. The number of nitrogens with zero attached hydrogens (tertiary/aromatic N) is 5. The molecule has 0 saturated heterocycles. The monoisotopic (exact) mass is 580 g/mol. The number of aromatic nitrogens is 2. The zero-order valence-corrected chi connectivity index (χ0v) is 24.3. The van der Waals surface area contributed by atoms with Crippen molar-refractivity contribution in [3.8, 4) is 5.75 Å². The first-order chi connectivity index (χ1) is 19.5. The lowest BCUT2D eigenvalue weighted by Crippen LogP contribution is -2.52. The Bertz CT molecular complexity index is 1340. The van der Waals surface area contributed by atoms with Gasteiger partial charge >= 0.3 is 6.03 Å². The Hall–Kier alpha value is -3.33. The molecule has 1 unspecified atom stereocenters. The van der Waals surface area contributed by atoms with E-state index in [0.29, 0.717) is 34.1 Å². The second kappa shape index (κ2) is 12.9. The van der Waals surface area contributed by atoms with Gasteiger partial charge in [-0.1, -0.05) is 55.3 Å². The number of benzene rings is 2. The van der Waals surface area contributed by atoms with Crippen molar-refractivity contribution in [1.29, 1.82) is 0 Å². The molecule has 0 bridgehead atoms. The fourth-order valence-corrected chi connectivity index (χ4v) is 5.66. The Labute approximate surface area is 245 Å². The average Bonchev–Trinajstić information content (AvgIpc) is 2.97. The minimum absolute atomic E-state index is 0.125. The molecule has 0 fully saturated rings. The Morgan fingerprint density at radius 1 is 1.10 bits per heavy atom. The maximum absolute atomic E-state index is 14.0. The van der Waals surface area contributed by atoms with Crippen molar-refractivity contribution < 1.29 is 9.53 Å². The number of anilines is 4. The minimum Gasteiger partial charge on any atom is -0.492 e. The van der Waals surface area contributed by atoms with Crippen molar-refractivity contribution in [1.82, 2.24) is 14.9 Å². The summed E-state index contributed by atoms with van der Waals surface area (Å²) in [5.41, 5.74) is 2.14. The predicted octanol–water partition coefficient (Wildman–Crippen LogP) is 7.30. The second-order valence-electron chi connectivity index (χ2n) is 9.80. The molecule has 0 spiro atoms. The van der Waals surface area contributed by atoms with E-state index in [9.17, 15) is 4.79 Å². The van der Waals surface area contributed by atoms with E-state index in [0.717, 1.165) is 55.9 Å². The molecule has 1 N–H and O–H groups in total. The lowest BCUT2D eigenvalue weighted by atomic mass is 10.00. The van der Waals surface area contributed by atoms with E-state index < -0.39 is 0 Å². The van der Waals surface area contributed by atoms with Crippen molar-refractivity contribution in [2.45, 2.75) is 45.7 Å². The van der Waals surface area contributed by atoms with Crippen molar-refractivity contribution in [3.05, 3.63) is 76.4 Å². The molecular formula is C30H34Cl2N6O2. The van der Waals surface area contributed by atoms with Crippen LogP contribution in [-0.4, -0.2) is 53.2 Å². The zero-order valence-electron chi connectivity index (χ0n) is 22.8. The zero-order chi connectivity index (χ0) is 28.1. The van der Waals surface area contributed by atoms with Crippen LogP contribution in [0.2, 0.25) is 10.0 Å². The number of hydrogen-bond donors (Lipinski definition) is 1. The summed E-state index contributed by atoms with van der Waals surface area (Å²) in [5, 5.41) is 4.11. The number of rotatable bonds is 10. The molecule has 0 radical (unpaired) electrons. The van der Waals surface area contributed by atoms with Crippen LogP contribution in [0.3, 0.4) is 0 Å². The summed E-state index contributed by atoms with van der Waals surface area (Å²) < 4.78 is 5.90. The highest BCUT2D eigenvalue weighted by Gasteiger charge is 2.38. The first-order valence-electron chi connectivity index (χ1n) is 13.8. The SMILES string of the molecule is CCN(CC)CCOc1ccc(Nc2ncc3c(n2)N(C2C=CCCC2)C(=O)N(c2c(Cl)cccc2Cl)C3)cc1. The van der Waals surface area contributed by atoms with Gasteiger partial charge in [0.15, 0.2) is 0 Å². The fourth-order valence-electron chi connectivity index (χ4n) is 5.06. The van der Waals surface area contributed by atoms with Crippen LogP contribution in [0.1, 0.15) is 38.7 Å². The molecule has 3 aromatic rings. The van der Waals surface area contributed by atoms with Gasteiger partial charge in [0, 0.05) is 24.0 Å². The Balaban J connectivity index is 1.37. The third kappa shape index (κ3) is 6.19. The van der Waals surface area contributed by atoms with Crippen molar-refractivity contribution in [2.24, 2.45) is 0 Å². The average molecular weight is 582 g/mol. The normalized spacial score (nSPS) is 16.8. The van der Waals surface area contributed by atoms with Gasteiger partial charge in [-0.05, 0) is 68.8 Å². The number of halogens is 2. The summed E-state index contributed by atoms with van der Waals surface area (Å²) in [4.78, 5) is 29.0. The van der Waals surface area contributed by atoms with Crippen molar-refractivity contribution in [2.75, 3.05) is 41.4 Å². The molecule has 1 aliphatic carbocycles. The second-order valence-corrected chi connectivity index (χ2v) is 10.6. The smallest absolute Gasteiger partial charge is 0.331 e. The first-order valence-corrected chi connectivity index (χ1v) is 14.5. The first kappa shape index (κ1) is 28.2. The van der Waals surface area contributed by atoms with Gasteiger partial charge in [0.2, 0.25) is 5.95 Å². The van der Waals surface area contributed by atoms with E-state index in [1.807, 2.05) is 24.3 Å². The van der Waals surface area contributed by atoms with Gasteiger partial charge in [0.05, 0.1) is 28.3 Å². The van der Waals surface area contributed by atoms with E-state index >= 15 is 0 Å². The number of nitrogens with one attached hydrogen (secondary N) is 1. The molecule has 2 heterocycles. The number of carbonyl (C=O) groups is 1. The lowest BCUT2D eigenvalue weighted by Gasteiger charge is -2.40. The predicted molar refractivity (Wildman–Crippen MR) is 162 cm³/mol. The molecule has 1 aromatic heterocycles. The summed E-state index contributed by atoms with van der Waals surface area (Å²) in [5.74, 6) is 1.81. The highest BCUT2D eigenvalue weighted by atomic mass is 35.5. The molecule has 210 valence electrons. The standard InChI is InChI=1S/C30H34Cl2N6O2/c1-3-36(4-2)17-18-40-24-15-13-22(14-16-24)34-29-33-19-21-20-37(27-25(31)11-8-12-26(27)32)30(39)38(28(21)35-29)23-9-6-5-7-10-23/h6,8-9,11-16,19,23H,3-5,7,10,17-18,20H2,1-2H3,(H,33,34,35). The molecule has 10 heteroatoms. The van der Waals surface area contributed by atoms with Crippen LogP contribution in [-0.2, 0) is 6.54 Å². The van der Waals surface area contributed by atoms with Gasteiger partial charge in [-0.15, -0.1) is 0 Å².